The molecule has 1 aromatic heterocycles. The Morgan fingerprint density at radius 1 is 1.23 bits per heavy atom. The van der Waals surface area contributed by atoms with Crippen molar-refractivity contribution in [2.45, 2.75) is 17.9 Å². The summed E-state index contributed by atoms with van der Waals surface area (Å²) in [5.74, 6) is 0.783. The van der Waals surface area contributed by atoms with Gasteiger partial charge in [0.2, 0.25) is 0 Å². The maximum absolute atomic E-state index is 12.4. The summed E-state index contributed by atoms with van der Waals surface area (Å²) in [7, 11) is 0. The van der Waals surface area contributed by atoms with Crippen LogP contribution in [0.5, 0.6) is 0 Å². The van der Waals surface area contributed by atoms with Crippen LogP contribution in [-0.4, -0.2) is 28.3 Å². The molecule has 1 heterocycles. The zero-order valence-corrected chi connectivity index (χ0v) is 16.1. The third-order valence-electron chi connectivity index (χ3n) is 4.05. The van der Waals surface area contributed by atoms with Crippen LogP contribution in [0, 0.1) is 0 Å². The Labute approximate surface area is 162 Å². The minimum absolute atomic E-state index is 0.160. The van der Waals surface area contributed by atoms with Gasteiger partial charge in [0, 0.05) is 36.8 Å². The minimum atomic E-state index is -0.160. The van der Waals surface area contributed by atoms with Crippen molar-refractivity contribution >= 4 is 29.3 Å². The van der Waals surface area contributed by atoms with Gasteiger partial charge in [0.1, 0.15) is 5.82 Å². The van der Waals surface area contributed by atoms with Gasteiger partial charge in [-0.2, -0.15) is 0 Å². The van der Waals surface area contributed by atoms with Crippen LogP contribution in [0.1, 0.15) is 21.7 Å². The number of benzene rings is 2. The first-order valence-corrected chi connectivity index (χ1v) is 9.93. The number of rotatable bonds is 7. The largest absolute Gasteiger partial charge is 0.352 e. The Hall–Kier alpha value is -2.24. The van der Waals surface area contributed by atoms with Crippen molar-refractivity contribution < 1.29 is 4.79 Å². The second-order valence-corrected chi connectivity index (χ2v) is 7.10. The molecule has 3 rings (SSSR count). The standard InChI is InChI=1S/C20H20ClN3OS/c1-26-16-7-8-18(21)17(13-16)20(25)23-10-9-19-22-11-12-24(19)14-15-5-3-2-4-6-15/h2-8,11-13H,9-10,14H2,1H3,(H,23,25). The predicted molar refractivity (Wildman–Crippen MR) is 107 cm³/mol. The Kier molecular flexibility index (Phi) is 6.36. The highest BCUT2D eigenvalue weighted by Crippen LogP contribution is 2.22. The van der Waals surface area contributed by atoms with E-state index in [0.717, 1.165) is 17.3 Å². The molecule has 0 aliphatic rings. The summed E-state index contributed by atoms with van der Waals surface area (Å²) in [4.78, 5) is 17.8. The fourth-order valence-corrected chi connectivity index (χ4v) is 3.32. The molecule has 0 aliphatic carbocycles. The Balaban J connectivity index is 1.59. The molecule has 26 heavy (non-hydrogen) atoms. The highest BCUT2D eigenvalue weighted by molar-refractivity contribution is 7.98. The molecule has 0 unspecified atom stereocenters. The summed E-state index contributed by atoms with van der Waals surface area (Å²) in [6.45, 7) is 1.27. The van der Waals surface area contributed by atoms with Crippen LogP contribution in [0.25, 0.3) is 0 Å². The van der Waals surface area contributed by atoms with Crippen molar-refractivity contribution in [2.75, 3.05) is 12.8 Å². The number of hydrogen-bond donors (Lipinski definition) is 1. The lowest BCUT2D eigenvalue weighted by molar-refractivity contribution is 0.0954. The minimum Gasteiger partial charge on any atom is -0.352 e. The van der Waals surface area contributed by atoms with E-state index in [1.165, 1.54) is 5.56 Å². The van der Waals surface area contributed by atoms with Crippen LogP contribution in [0.15, 0.2) is 65.8 Å². The monoisotopic (exact) mass is 385 g/mol. The first kappa shape index (κ1) is 18.5. The first-order chi connectivity index (χ1) is 12.7. The Bertz CT molecular complexity index is 880. The molecule has 0 saturated carbocycles. The molecule has 0 fully saturated rings. The number of thioether (sulfide) groups is 1. The molecular weight excluding hydrogens is 366 g/mol. The van der Waals surface area contributed by atoms with Crippen LogP contribution in [0.3, 0.4) is 0 Å². The number of carbonyl (C=O) groups is 1. The van der Waals surface area contributed by atoms with E-state index in [9.17, 15) is 4.79 Å². The van der Waals surface area contributed by atoms with Gasteiger partial charge in [-0.1, -0.05) is 41.9 Å². The van der Waals surface area contributed by atoms with Gasteiger partial charge in [0.05, 0.1) is 10.6 Å². The summed E-state index contributed by atoms with van der Waals surface area (Å²) in [5.41, 5.74) is 1.72. The molecule has 6 heteroatoms. The SMILES string of the molecule is CSc1ccc(Cl)c(C(=O)NCCc2nccn2Cc2ccccc2)c1. The quantitative estimate of drug-likeness (QED) is 0.617. The van der Waals surface area contributed by atoms with E-state index in [1.54, 1.807) is 24.0 Å². The van der Waals surface area contributed by atoms with Gasteiger partial charge < -0.3 is 9.88 Å². The highest BCUT2D eigenvalue weighted by atomic mass is 35.5. The zero-order valence-electron chi connectivity index (χ0n) is 14.5. The molecule has 0 bridgehead atoms. The molecule has 1 amide bonds. The maximum Gasteiger partial charge on any atom is 0.252 e. The highest BCUT2D eigenvalue weighted by Gasteiger charge is 2.11. The Morgan fingerprint density at radius 2 is 2.04 bits per heavy atom. The number of hydrogen-bond acceptors (Lipinski definition) is 3. The van der Waals surface area contributed by atoms with Gasteiger partial charge in [-0.05, 0) is 30.0 Å². The molecule has 1 N–H and O–H groups in total. The predicted octanol–water partition coefficient (Wildman–Crippen LogP) is 4.28. The third kappa shape index (κ3) is 4.68. The number of nitrogens with zero attached hydrogens (tertiary/aromatic N) is 2. The average Bonchev–Trinajstić information content (AvgIpc) is 3.10. The van der Waals surface area contributed by atoms with Crippen LogP contribution >= 0.6 is 23.4 Å². The number of imidazole rings is 1. The summed E-state index contributed by atoms with van der Waals surface area (Å²) in [6.07, 6.45) is 6.38. The van der Waals surface area contributed by atoms with Crippen LogP contribution in [-0.2, 0) is 13.0 Å². The number of aromatic nitrogens is 2. The second-order valence-electron chi connectivity index (χ2n) is 5.81. The molecule has 0 atom stereocenters. The van der Waals surface area contributed by atoms with Crippen molar-refractivity contribution in [3.8, 4) is 0 Å². The molecule has 0 radical (unpaired) electrons. The summed E-state index contributed by atoms with van der Waals surface area (Å²) in [5, 5.41) is 3.40. The smallest absolute Gasteiger partial charge is 0.252 e. The van der Waals surface area contributed by atoms with Crippen LogP contribution in [0.4, 0.5) is 0 Å². The topological polar surface area (TPSA) is 46.9 Å². The lowest BCUT2D eigenvalue weighted by Crippen LogP contribution is -2.26. The van der Waals surface area contributed by atoms with Gasteiger partial charge in [0.15, 0.2) is 0 Å². The van der Waals surface area contributed by atoms with Gasteiger partial charge in [-0.25, -0.2) is 4.98 Å². The molecule has 0 spiro atoms. The summed E-state index contributed by atoms with van der Waals surface area (Å²) >= 11 is 7.74. The number of amides is 1. The molecule has 3 aromatic rings. The van der Waals surface area contributed by atoms with Gasteiger partial charge in [0.25, 0.3) is 5.91 Å². The zero-order chi connectivity index (χ0) is 18.4. The third-order valence-corrected chi connectivity index (χ3v) is 5.10. The van der Waals surface area contributed by atoms with Gasteiger partial charge in [-0.3, -0.25) is 4.79 Å². The number of halogens is 1. The first-order valence-electron chi connectivity index (χ1n) is 8.33. The van der Waals surface area contributed by atoms with Crippen molar-refractivity contribution in [1.29, 1.82) is 0 Å². The molecule has 134 valence electrons. The fraction of sp³-hybridized carbons (Fsp3) is 0.200. The normalized spacial score (nSPS) is 10.7. The fourth-order valence-electron chi connectivity index (χ4n) is 2.68. The van der Waals surface area contributed by atoms with E-state index in [4.69, 9.17) is 11.6 Å². The Morgan fingerprint density at radius 3 is 2.81 bits per heavy atom. The van der Waals surface area contributed by atoms with Crippen LogP contribution < -0.4 is 5.32 Å². The number of nitrogens with one attached hydrogen (secondary N) is 1. The van der Waals surface area contributed by atoms with E-state index in [0.29, 0.717) is 23.6 Å². The van der Waals surface area contributed by atoms with Crippen molar-refractivity contribution in [3.63, 3.8) is 0 Å². The second kappa shape index (κ2) is 8.92. The van der Waals surface area contributed by atoms with E-state index < -0.39 is 0 Å². The van der Waals surface area contributed by atoms with E-state index in [1.807, 2.05) is 42.8 Å². The maximum atomic E-state index is 12.4. The van der Waals surface area contributed by atoms with E-state index >= 15 is 0 Å². The van der Waals surface area contributed by atoms with Crippen molar-refractivity contribution in [2.24, 2.45) is 0 Å². The lowest BCUT2D eigenvalue weighted by atomic mass is 10.2. The molecule has 4 nitrogen and oxygen atoms in total. The molecule has 0 saturated heterocycles. The molecule has 0 aliphatic heterocycles. The number of carbonyl (C=O) groups excluding carboxylic acids is 1. The van der Waals surface area contributed by atoms with Gasteiger partial charge in [-0.15, -0.1) is 11.8 Å². The lowest BCUT2D eigenvalue weighted by Gasteiger charge is -2.10. The van der Waals surface area contributed by atoms with Crippen molar-refractivity contribution in [3.05, 3.63) is 82.9 Å². The van der Waals surface area contributed by atoms with Crippen molar-refractivity contribution in [1.82, 2.24) is 14.9 Å². The molecule has 2 aromatic carbocycles. The summed E-state index contributed by atoms with van der Waals surface area (Å²) < 4.78 is 2.10. The molecular formula is C20H20ClN3OS. The van der Waals surface area contributed by atoms with E-state index in [2.05, 4.69) is 27.0 Å². The van der Waals surface area contributed by atoms with Crippen LogP contribution in [0.2, 0.25) is 5.02 Å². The average molecular weight is 386 g/mol. The van der Waals surface area contributed by atoms with E-state index in [-0.39, 0.29) is 5.91 Å². The van der Waals surface area contributed by atoms with Gasteiger partial charge >= 0.3 is 0 Å². The summed E-state index contributed by atoms with van der Waals surface area (Å²) in [6, 6.07) is 15.7.